The quantitative estimate of drug-likeness (QED) is 0.899. The Balaban J connectivity index is 2.16. The van der Waals surface area contributed by atoms with Crippen LogP contribution in [-0.2, 0) is 0 Å². The summed E-state index contributed by atoms with van der Waals surface area (Å²) in [6, 6.07) is 5.42. The molecule has 88 valence electrons. The van der Waals surface area contributed by atoms with Crippen molar-refractivity contribution in [3.63, 3.8) is 0 Å². The Morgan fingerprint density at radius 3 is 3.06 bits per heavy atom. The fourth-order valence-electron chi connectivity index (χ4n) is 2.06. The zero-order chi connectivity index (χ0) is 11.5. The van der Waals surface area contributed by atoms with Crippen LogP contribution in [0.2, 0.25) is 0 Å². The normalized spacial score (nSPS) is 21.2. The number of anilines is 1. The molecule has 0 bridgehead atoms. The van der Waals surface area contributed by atoms with E-state index in [0.29, 0.717) is 6.04 Å². The van der Waals surface area contributed by atoms with Crippen LogP contribution in [0.1, 0.15) is 13.3 Å². The molecule has 1 aromatic rings. The smallest absolute Gasteiger partial charge is 0.124 e. The monoisotopic (exact) mass is 286 g/mol. The molecule has 1 N–H and O–H groups in total. The van der Waals surface area contributed by atoms with Crippen molar-refractivity contribution >= 4 is 21.6 Å². The lowest BCUT2D eigenvalue weighted by molar-refractivity contribution is 0.446. The van der Waals surface area contributed by atoms with Gasteiger partial charge in [-0.1, -0.05) is 6.92 Å². The van der Waals surface area contributed by atoms with Crippen LogP contribution in [0.4, 0.5) is 10.1 Å². The van der Waals surface area contributed by atoms with Crippen LogP contribution < -0.4 is 10.2 Å². The number of halogens is 2. The molecular weight excluding hydrogens is 271 g/mol. The highest BCUT2D eigenvalue weighted by Gasteiger charge is 2.19. The Labute approximate surface area is 104 Å². The summed E-state index contributed by atoms with van der Waals surface area (Å²) in [5.41, 5.74) is 1.08. The van der Waals surface area contributed by atoms with Crippen molar-refractivity contribution in [3.8, 4) is 0 Å². The van der Waals surface area contributed by atoms with Crippen LogP contribution in [-0.4, -0.2) is 25.7 Å². The van der Waals surface area contributed by atoms with E-state index in [0.717, 1.165) is 36.2 Å². The van der Waals surface area contributed by atoms with E-state index in [-0.39, 0.29) is 5.82 Å². The van der Waals surface area contributed by atoms with Crippen LogP contribution in [0.25, 0.3) is 0 Å². The van der Waals surface area contributed by atoms with Gasteiger partial charge in [0.05, 0.1) is 5.69 Å². The molecule has 1 aliphatic heterocycles. The van der Waals surface area contributed by atoms with Crippen molar-refractivity contribution in [3.05, 3.63) is 28.5 Å². The lowest BCUT2D eigenvalue weighted by atomic mass is 10.1. The number of hydrogen-bond donors (Lipinski definition) is 1. The average Bonchev–Trinajstić information content (AvgIpc) is 2.29. The molecule has 1 atom stereocenters. The second kappa shape index (κ2) is 5.15. The van der Waals surface area contributed by atoms with E-state index in [4.69, 9.17) is 0 Å². The van der Waals surface area contributed by atoms with Gasteiger partial charge in [0.1, 0.15) is 5.82 Å². The third-order valence-corrected chi connectivity index (χ3v) is 3.63. The third-order valence-electron chi connectivity index (χ3n) is 3.00. The maximum Gasteiger partial charge on any atom is 0.124 e. The van der Waals surface area contributed by atoms with Gasteiger partial charge in [0.2, 0.25) is 0 Å². The first-order chi connectivity index (χ1) is 7.70. The molecule has 0 amide bonds. The minimum Gasteiger partial charge on any atom is -0.368 e. The summed E-state index contributed by atoms with van der Waals surface area (Å²) in [6.07, 6.45) is 1.12. The molecule has 1 saturated heterocycles. The van der Waals surface area contributed by atoms with Crippen molar-refractivity contribution in [1.29, 1.82) is 0 Å². The lowest BCUT2D eigenvalue weighted by Gasteiger charge is -2.35. The van der Waals surface area contributed by atoms with Gasteiger partial charge in [-0.2, -0.15) is 0 Å². The Kier molecular flexibility index (Phi) is 3.82. The third kappa shape index (κ3) is 2.55. The predicted octanol–water partition coefficient (Wildman–Crippen LogP) is 2.78. The summed E-state index contributed by atoms with van der Waals surface area (Å²) in [5, 5.41) is 3.47. The van der Waals surface area contributed by atoms with E-state index < -0.39 is 0 Å². The van der Waals surface area contributed by atoms with Gasteiger partial charge in [-0.05, 0) is 40.5 Å². The van der Waals surface area contributed by atoms with E-state index in [9.17, 15) is 4.39 Å². The first kappa shape index (κ1) is 11.9. The Morgan fingerprint density at radius 1 is 1.56 bits per heavy atom. The summed E-state index contributed by atoms with van der Waals surface area (Å²) < 4.78 is 13.8. The molecule has 16 heavy (non-hydrogen) atoms. The maximum atomic E-state index is 13.0. The zero-order valence-electron chi connectivity index (χ0n) is 9.34. The van der Waals surface area contributed by atoms with Crippen molar-refractivity contribution in [1.82, 2.24) is 5.32 Å². The van der Waals surface area contributed by atoms with Gasteiger partial charge in [-0.3, -0.25) is 0 Å². The average molecular weight is 287 g/mol. The van der Waals surface area contributed by atoms with Crippen LogP contribution in [0.5, 0.6) is 0 Å². The number of nitrogens with zero attached hydrogens (tertiary/aromatic N) is 1. The predicted molar refractivity (Wildman–Crippen MR) is 68.4 cm³/mol. The molecule has 1 fully saturated rings. The molecular formula is C12H16BrFN2. The molecule has 0 saturated carbocycles. The highest BCUT2D eigenvalue weighted by molar-refractivity contribution is 9.10. The number of rotatable bonds is 2. The number of nitrogens with one attached hydrogen (secondary N) is 1. The molecule has 1 heterocycles. The summed E-state index contributed by atoms with van der Waals surface area (Å²) >= 11 is 3.42. The summed E-state index contributed by atoms with van der Waals surface area (Å²) in [7, 11) is 0. The molecule has 1 aromatic carbocycles. The maximum absolute atomic E-state index is 13.0. The van der Waals surface area contributed by atoms with E-state index >= 15 is 0 Å². The van der Waals surface area contributed by atoms with Gasteiger partial charge in [0.25, 0.3) is 0 Å². The van der Waals surface area contributed by atoms with Crippen molar-refractivity contribution in [2.45, 2.75) is 19.4 Å². The highest BCUT2D eigenvalue weighted by atomic mass is 79.9. The number of hydrogen-bond acceptors (Lipinski definition) is 2. The zero-order valence-corrected chi connectivity index (χ0v) is 10.9. The second-order valence-electron chi connectivity index (χ2n) is 4.10. The molecule has 2 rings (SSSR count). The van der Waals surface area contributed by atoms with Crippen LogP contribution in [0.3, 0.4) is 0 Å². The Hall–Kier alpha value is -0.610. The van der Waals surface area contributed by atoms with Crippen molar-refractivity contribution in [2.75, 3.05) is 24.5 Å². The fourth-order valence-corrected chi connectivity index (χ4v) is 2.66. The molecule has 1 aliphatic rings. The first-order valence-corrected chi connectivity index (χ1v) is 6.43. The SMILES string of the molecule is CCC1CN(c2ccc(F)cc2Br)CCN1. The molecule has 0 aromatic heterocycles. The van der Waals surface area contributed by atoms with Crippen LogP contribution >= 0.6 is 15.9 Å². The van der Waals surface area contributed by atoms with E-state index in [1.54, 1.807) is 0 Å². The molecule has 1 unspecified atom stereocenters. The van der Waals surface area contributed by atoms with Crippen LogP contribution in [0, 0.1) is 5.82 Å². The first-order valence-electron chi connectivity index (χ1n) is 5.64. The summed E-state index contributed by atoms with van der Waals surface area (Å²) in [4.78, 5) is 2.30. The second-order valence-corrected chi connectivity index (χ2v) is 4.96. The van der Waals surface area contributed by atoms with Gasteiger partial charge < -0.3 is 10.2 Å². The van der Waals surface area contributed by atoms with Gasteiger partial charge in [0.15, 0.2) is 0 Å². The minimum atomic E-state index is -0.196. The van der Waals surface area contributed by atoms with Crippen LogP contribution in [0.15, 0.2) is 22.7 Å². The summed E-state index contributed by atoms with van der Waals surface area (Å²) in [6.45, 7) is 5.13. The van der Waals surface area contributed by atoms with Gasteiger partial charge in [0, 0.05) is 30.1 Å². The Bertz CT molecular complexity index is 370. The molecule has 4 heteroatoms. The van der Waals surface area contributed by atoms with E-state index in [2.05, 4.69) is 33.1 Å². The molecule has 0 spiro atoms. The molecule has 2 nitrogen and oxygen atoms in total. The molecule has 0 aliphatic carbocycles. The standard InChI is InChI=1S/C12H16BrFN2/c1-2-10-8-16(6-5-15-10)12-4-3-9(14)7-11(12)13/h3-4,7,10,15H,2,5-6,8H2,1H3. The minimum absolute atomic E-state index is 0.196. The van der Waals surface area contributed by atoms with Crippen molar-refractivity contribution in [2.24, 2.45) is 0 Å². The summed E-state index contributed by atoms with van der Waals surface area (Å²) in [5.74, 6) is -0.196. The topological polar surface area (TPSA) is 15.3 Å². The lowest BCUT2D eigenvalue weighted by Crippen LogP contribution is -2.50. The van der Waals surface area contributed by atoms with Crippen molar-refractivity contribution < 1.29 is 4.39 Å². The van der Waals surface area contributed by atoms with E-state index in [1.165, 1.54) is 12.1 Å². The van der Waals surface area contributed by atoms with Gasteiger partial charge in [-0.15, -0.1) is 0 Å². The number of benzene rings is 1. The largest absolute Gasteiger partial charge is 0.368 e. The molecule has 0 radical (unpaired) electrons. The van der Waals surface area contributed by atoms with Gasteiger partial charge >= 0.3 is 0 Å². The highest BCUT2D eigenvalue weighted by Crippen LogP contribution is 2.27. The Morgan fingerprint density at radius 2 is 2.38 bits per heavy atom. The number of piperazine rings is 1. The van der Waals surface area contributed by atoms with Gasteiger partial charge in [-0.25, -0.2) is 4.39 Å². The van der Waals surface area contributed by atoms with E-state index in [1.807, 2.05) is 6.07 Å². The fraction of sp³-hybridized carbons (Fsp3) is 0.500.